The lowest BCUT2D eigenvalue weighted by Crippen LogP contribution is -2.31. The van der Waals surface area contributed by atoms with Crippen molar-refractivity contribution in [1.29, 1.82) is 0 Å². The molecule has 0 radical (unpaired) electrons. The second kappa shape index (κ2) is 7.79. The standard InChI is InChI=1S/C15H21N3O2/c1-19-11-15(20-2)10-17-9-13-3-5-14(6-4-13)18-8-7-16-12-18/h3-8,12,15,17H,9-11H2,1-2H3. The lowest BCUT2D eigenvalue weighted by atomic mass is 10.2. The van der Waals surface area contributed by atoms with Crippen LogP contribution >= 0.6 is 0 Å². The molecule has 1 aromatic carbocycles. The van der Waals surface area contributed by atoms with Gasteiger partial charge in [-0.1, -0.05) is 12.1 Å². The van der Waals surface area contributed by atoms with Crippen molar-refractivity contribution in [2.75, 3.05) is 27.4 Å². The van der Waals surface area contributed by atoms with E-state index in [0.717, 1.165) is 18.8 Å². The fourth-order valence-corrected chi connectivity index (χ4v) is 1.97. The van der Waals surface area contributed by atoms with Crippen LogP contribution in [0.3, 0.4) is 0 Å². The van der Waals surface area contributed by atoms with Crippen molar-refractivity contribution in [2.45, 2.75) is 12.6 Å². The maximum Gasteiger partial charge on any atom is 0.0991 e. The molecule has 2 rings (SSSR count). The average Bonchev–Trinajstić information content (AvgIpc) is 3.01. The summed E-state index contributed by atoms with van der Waals surface area (Å²) in [5, 5.41) is 3.37. The molecule has 0 bridgehead atoms. The first-order chi connectivity index (χ1) is 9.83. The third kappa shape index (κ3) is 4.16. The molecular weight excluding hydrogens is 254 g/mol. The van der Waals surface area contributed by atoms with Gasteiger partial charge in [0.2, 0.25) is 0 Å². The first-order valence-electron chi connectivity index (χ1n) is 6.63. The van der Waals surface area contributed by atoms with E-state index in [0.29, 0.717) is 6.61 Å². The molecule has 0 fully saturated rings. The minimum Gasteiger partial charge on any atom is -0.382 e. The minimum atomic E-state index is 0.0882. The third-order valence-electron chi connectivity index (χ3n) is 3.13. The second-order valence-corrected chi connectivity index (χ2v) is 4.58. The molecule has 0 saturated heterocycles. The van der Waals surface area contributed by atoms with E-state index in [2.05, 4.69) is 34.6 Å². The molecule has 0 aliphatic rings. The van der Waals surface area contributed by atoms with Gasteiger partial charge in [0.05, 0.1) is 19.0 Å². The van der Waals surface area contributed by atoms with Gasteiger partial charge in [-0.3, -0.25) is 0 Å². The van der Waals surface area contributed by atoms with Gasteiger partial charge >= 0.3 is 0 Å². The third-order valence-corrected chi connectivity index (χ3v) is 3.13. The molecule has 0 amide bonds. The van der Waals surface area contributed by atoms with Crippen LogP contribution in [0.4, 0.5) is 0 Å². The van der Waals surface area contributed by atoms with Gasteiger partial charge in [-0.05, 0) is 17.7 Å². The fourth-order valence-electron chi connectivity index (χ4n) is 1.97. The van der Waals surface area contributed by atoms with Gasteiger partial charge in [-0.15, -0.1) is 0 Å². The van der Waals surface area contributed by atoms with Crippen molar-refractivity contribution in [3.8, 4) is 5.69 Å². The molecule has 0 aliphatic carbocycles. The highest BCUT2D eigenvalue weighted by molar-refractivity contribution is 5.34. The average molecular weight is 275 g/mol. The molecule has 108 valence electrons. The Kier molecular flexibility index (Phi) is 5.73. The van der Waals surface area contributed by atoms with Crippen LogP contribution < -0.4 is 5.32 Å². The Hall–Kier alpha value is -1.69. The summed E-state index contributed by atoms with van der Waals surface area (Å²) in [4.78, 5) is 4.04. The smallest absolute Gasteiger partial charge is 0.0991 e. The Bertz CT molecular complexity index is 482. The normalized spacial score (nSPS) is 12.5. The summed E-state index contributed by atoms with van der Waals surface area (Å²) in [6.45, 7) is 2.18. The van der Waals surface area contributed by atoms with E-state index in [-0.39, 0.29) is 6.10 Å². The first-order valence-corrected chi connectivity index (χ1v) is 6.63. The second-order valence-electron chi connectivity index (χ2n) is 4.58. The monoisotopic (exact) mass is 275 g/mol. The summed E-state index contributed by atoms with van der Waals surface area (Å²) in [5.74, 6) is 0. The van der Waals surface area contributed by atoms with Crippen molar-refractivity contribution in [3.63, 3.8) is 0 Å². The Morgan fingerprint density at radius 1 is 1.25 bits per heavy atom. The van der Waals surface area contributed by atoms with E-state index in [4.69, 9.17) is 9.47 Å². The van der Waals surface area contributed by atoms with Crippen molar-refractivity contribution in [2.24, 2.45) is 0 Å². The molecule has 0 spiro atoms. The number of rotatable bonds is 8. The molecule has 1 atom stereocenters. The van der Waals surface area contributed by atoms with E-state index >= 15 is 0 Å². The minimum absolute atomic E-state index is 0.0882. The highest BCUT2D eigenvalue weighted by Gasteiger charge is 2.05. The zero-order valence-corrected chi connectivity index (χ0v) is 12.0. The molecule has 1 unspecified atom stereocenters. The summed E-state index contributed by atoms with van der Waals surface area (Å²) >= 11 is 0. The summed E-state index contributed by atoms with van der Waals surface area (Å²) in [7, 11) is 3.38. The summed E-state index contributed by atoms with van der Waals surface area (Å²) in [5.41, 5.74) is 2.35. The number of imidazole rings is 1. The number of benzene rings is 1. The first kappa shape index (κ1) is 14.7. The van der Waals surface area contributed by atoms with Crippen LogP contribution in [0.2, 0.25) is 0 Å². The number of hydrogen-bond donors (Lipinski definition) is 1. The Labute approximate surface area is 119 Å². The predicted molar refractivity (Wildman–Crippen MR) is 77.9 cm³/mol. The number of nitrogens with one attached hydrogen (secondary N) is 1. The van der Waals surface area contributed by atoms with E-state index in [9.17, 15) is 0 Å². The Morgan fingerprint density at radius 3 is 2.65 bits per heavy atom. The van der Waals surface area contributed by atoms with Crippen molar-refractivity contribution >= 4 is 0 Å². The highest BCUT2D eigenvalue weighted by atomic mass is 16.5. The molecule has 0 saturated carbocycles. The number of nitrogens with zero attached hydrogens (tertiary/aromatic N) is 2. The zero-order chi connectivity index (χ0) is 14.2. The number of hydrogen-bond acceptors (Lipinski definition) is 4. The number of methoxy groups -OCH3 is 2. The molecule has 1 aromatic heterocycles. The predicted octanol–water partition coefficient (Wildman–Crippen LogP) is 1.62. The van der Waals surface area contributed by atoms with Gasteiger partial charge in [-0.2, -0.15) is 0 Å². The van der Waals surface area contributed by atoms with E-state index in [1.807, 2.05) is 10.8 Å². The Balaban J connectivity index is 1.82. The van der Waals surface area contributed by atoms with Crippen LogP contribution in [0.25, 0.3) is 5.69 Å². The van der Waals surface area contributed by atoms with Crippen LogP contribution in [0.15, 0.2) is 43.0 Å². The summed E-state index contributed by atoms with van der Waals surface area (Å²) < 4.78 is 12.4. The molecule has 1 N–H and O–H groups in total. The van der Waals surface area contributed by atoms with Gasteiger partial charge in [0.1, 0.15) is 0 Å². The quantitative estimate of drug-likeness (QED) is 0.795. The van der Waals surface area contributed by atoms with Crippen LogP contribution in [-0.2, 0) is 16.0 Å². The maximum absolute atomic E-state index is 5.30. The largest absolute Gasteiger partial charge is 0.382 e. The lowest BCUT2D eigenvalue weighted by Gasteiger charge is -2.15. The topological polar surface area (TPSA) is 48.3 Å². The van der Waals surface area contributed by atoms with Gasteiger partial charge in [0, 0.05) is 45.4 Å². The maximum atomic E-state index is 5.30. The van der Waals surface area contributed by atoms with E-state index < -0.39 is 0 Å². The number of ether oxygens (including phenoxy) is 2. The summed E-state index contributed by atoms with van der Waals surface area (Å²) in [6.07, 6.45) is 5.59. The molecule has 5 heteroatoms. The van der Waals surface area contributed by atoms with Crippen molar-refractivity contribution in [1.82, 2.24) is 14.9 Å². The summed E-state index contributed by atoms with van der Waals surface area (Å²) in [6, 6.07) is 8.39. The zero-order valence-electron chi connectivity index (χ0n) is 12.0. The molecule has 5 nitrogen and oxygen atoms in total. The van der Waals surface area contributed by atoms with Gasteiger partial charge in [-0.25, -0.2) is 4.98 Å². The van der Waals surface area contributed by atoms with E-state index in [1.54, 1.807) is 26.7 Å². The van der Waals surface area contributed by atoms with Gasteiger partial charge in [0.25, 0.3) is 0 Å². The van der Waals surface area contributed by atoms with Gasteiger partial charge < -0.3 is 19.4 Å². The van der Waals surface area contributed by atoms with Gasteiger partial charge in [0.15, 0.2) is 0 Å². The molecule has 0 aliphatic heterocycles. The molecule has 2 aromatic rings. The molecular formula is C15H21N3O2. The SMILES string of the molecule is COCC(CNCc1ccc(-n2ccnc2)cc1)OC. The number of aromatic nitrogens is 2. The van der Waals surface area contributed by atoms with E-state index in [1.165, 1.54) is 5.56 Å². The van der Waals surface area contributed by atoms with Crippen molar-refractivity contribution < 1.29 is 9.47 Å². The van der Waals surface area contributed by atoms with Crippen LogP contribution in [0.1, 0.15) is 5.56 Å². The fraction of sp³-hybridized carbons (Fsp3) is 0.400. The Morgan fingerprint density at radius 2 is 2.05 bits per heavy atom. The molecule has 1 heterocycles. The molecule has 20 heavy (non-hydrogen) atoms. The van der Waals surface area contributed by atoms with Crippen molar-refractivity contribution in [3.05, 3.63) is 48.5 Å². The van der Waals surface area contributed by atoms with Crippen LogP contribution in [0.5, 0.6) is 0 Å². The highest BCUT2D eigenvalue weighted by Crippen LogP contribution is 2.09. The van der Waals surface area contributed by atoms with Crippen LogP contribution in [-0.4, -0.2) is 43.0 Å². The van der Waals surface area contributed by atoms with Crippen LogP contribution in [0, 0.1) is 0 Å². The lowest BCUT2D eigenvalue weighted by molar-refractivity contribution is 0.0288.